The van der Waals surface area contributed by atoms with Crippen LogP contribution >= 0.6 is 0 Å². The number of carbonyl (C=O) groups is 9. The van der Waals surface area contributed by atoms with Crippen molar-refractivity contribution in [1.29, 1.82) is 0 Å². The van der Waals surface area contributed by atoms with E-state index in [0.717, 1.165) is 0 Å². The summed E-state index contributed by atoms with van der Waals surface area (Å²) in [6, 6.07) is -2.99. The lowest BCUT2D eigenvalue weighted by atomic mass is 10.1. The highest BCUT2D eigenvalue weighted by molar-refractivity contribution is 5.84. The van der Waals surface area contributed by atoms with Gasteiger partial charge in [0.25, 0.3) is 0 Å². The quantitative estimate of drug-likeness (QED) is 0.0819. The highest BCUT2D eigenvalue weighted by atomic mass is 16.4. The molecule has 0 bridgehead atoms. The summed E-state index contributed by atoms with van der Waals surface area (Å²) >= 11 is 0. The molecule has 0 heterocycles. The van der Waals surface area contributed by atoms with Gasteiger partial charge in [-0.25, -0.2) is 14.4 Å². The number of carbonyl (C=O) groups excluding carboxylic acids is 6. The van der Waals surface area contributed by atoms with Gasteiger partial charge in [-0.3, -0.25) is 28.8 Å². The minimum Gasteiger partial charge on any atom is -0.480 e. The van der Waals surface area contributed by atoms with E-state index in [4.69, 9.17) is 15.3 Å². The van der Waals surface area contributed by atoms with Crippen LogP contribution in [0, 0.1) is 0 Å². The Bertz CT molecular complexity index is 881. The van der Waals surface area contributed by atoms with E-state index in [-0.39, 0.29) is 56.2 Å². The second-order valence-electron chi connectivity index (χ2n) is 9.25. The zero-order chi connectivity index (χ0) is 35.5. The van der Waals surface area contributed by atoms with Gasteiger partial charge < -0.3 is 47.2 Å². The van der Waals surface area contributed by atoms with Crippen molar-refractivity contribution in [2.45, 2.75) is 98.2 Å². The third-order valence-corrected chi connectivity index (χ3v) is 5.13. The van der Waals surface area contributed by atoms with Crippen LogP contribution in [-0.4, -0.2) is 106 Å². The molecule has 0 aromatic rings. The van der Waals surface area contributed by atoms with Gasteiger partial charge in [-0.2, -0.15) is 0 Å². The molecule has 0 spiro atoms. The predicted molar refractivity (Wildman–Crippen MR) is 159 cm³/mol. The summed E-state index contributed by atoms with van der Waals surface area (Å²) in [5, 5.41) is 40.6. The summed E-state index contributed by atoms with van der Waals surface area (Å²) in [7, 11) is 0. The standard InChI is InChI=1S/3C9H16N2O4/c3*1-3-10-8(13)5-4-7(9(14)15)11-6(2)12/h3*7H,3-5H2,1-2H3,(H,10,13)(H,11,12)(H,14,15). The number of hydrogen-bond donors (Lipinski definition) is 9. The van der Waals surface area contributed by atoms with Gasteiger partial charge in [-0.05, 0) is 40.0 Å². The zero-order valence-electron chi connectivity index (χ0n) is 26.6. The third kappa shape index (κ3) is 29.1. The summed E-state index contributed by atoms with van der Waals surface area (Å²) < 4.78 is 0. The van der Waals surface area contributed by atoms with E-state index in [1.807, 2.05) is 0 Å². The molecule has 18 nitrogen and oxygen atoms in total. The van der Waals surface area contributed by atoms with E-state index < -0.39 is 53.8 Å². The van der Waals surface area contributed by atoms with Gasteiger partial charge in [-0.1, -0.05) is 0 Å². The number of amides is 6. The van der Waals surface area contributed by atoms with Gasteiger partial charge in [0.1, 0.15) is 18.1 Å². The fraction of sp³-hybridized carbons (Fsp3) is 0.667. The Hall–Kier alpha value is -4.77. The highest BCUT2D eigenvalue weighted by Gasteiger charge is 2.21. The normalized spacial score (nSPS) is 11.6. The van der Waals surface area contributed by atoms with Crippen LogP contribution in [0.2, 0.25) is 0 Å². The molecule has 0 aliphatic heterocycles. The van der Waals surface area contributed by atoms with Crippen LogP contribution < -0.4 is 31.9 Å². The largest absolute Gasteiger partial charge is 0.480 e. The summed E-state index contributed by atoms with van der Waals surface area (Å²) in [6.07, 6.45) is 0.559. The van der Waals surface area contributed by atoms with Gasteiger partial charge in [0, 0.05) is 59.7 Å². The number of carboxylic acids is 3. The molecular formula is C27H48N6O12. The first-order valence-electron chi connectivity index (χ1n) is 14.2. The first-order chi connectivity index (χ1) is 20.9. The fourth-order valence-corrected chi connectivity index (χ4v) is 3.19. The van der Waals surface area contributed by atoms with Crippen molar-refractivity contribution in [2.24, 2.45) is 0 Å². The van der Waals surface area contributed by atoms with Crippen LogP contribution in [0.5, 0.6) is 0 Å². The van der Waals surface area contributed by atoms with Crippen LogP contribution in [-0.2, 0) is 43.2 Å². The molecule has 0 aliphatic rings. The average Bonchev–Trinajstić information content (AvgIpc) is 2.91. The van der Waals surface area contributed by atoms with Gasteiger partial charge in [-0.15, -0.1) is 0 Å². The van der Waals surface area contributed by atoms with Crippen LogP contribution in [0.3, 0.4) is 0 Å². The molecule has 0 radical (unpaired) electrons. The lowest BCUT2D eigenvalue weighted by molar-refractivity contribution is -0.142. The van der Waals surface area contributed by atoms with E-state index in [1.165, 1.54) is 20.8 Å². The number of aliphatic carboxylic acids is 3. The molecule has 3 unspecified atom stereocenters. The maximum Gasteiger partial charge on any atom is 0.326 e. The number of rotatable bonds is 18. The Morgan fingerprint density at radius 2 is 0.644 bits per heavy atom. The monoisotopic (exact) mass is 648 g/mol. The molecule has 6 amide bonds. The van der Waals surface area contributed by atoms with E-state index >= 15 is 0 Å². The molecule has 18 heteroatoms. The lowest BCUT2D eigenvalue weighted by Gasteiger charge is -2.12. The van der Waals surface area contributed by atoms with Crippen molar-refractivity contribution >= 4 is 53.4 Å². The molecule has 0 saturated heterocycles. The molecule has 0 aromatic heterocycles. The van der Waals surface area contributed by atoms with E-state index in [0.29, 0.717) is 19.6 Å². The van der Waals surface area contributed by atoms with Crippen molar-refractivity contribution in [3.8, 4) is 0 Å². The van der Waals surface area contributed by atoms with Gasteiger partial charge in [0.15, 0.2) is 0 Å². The van der Waals surface area contributed by atoms with Crippen LogP contribution in [0.4, 0.5) is 0 Å². The number of hydrogen-bond acceptors (Lipinski definition) is 9. The van der Waals surface area contributed by atoms with Crippen LogP contribution in [0.1, 0.15) is 80.1 Å². The topological polar surface area (TPSA) is 286 Å². The van der Waals surface area contributed by atoms with Crippen molar-refractivity contribution in [3.05, 3.63) is 0 Å². The molecule has 0 rings (SSSR count). The Labute approximate surface area is 261 Å². The van der Waals surface area contributed by atoms with Crippen molar-refractivity contribution in [2.75, 3.05) is 19.6 Å². The zero-order valence-corrected chi connectivity index (χ0v) is 26.6. The maximum absolute atomic E-state index is 11.0. The van der Waals surface area contributed by atoms with Crippen molar-refractivity contribution < 1.29 is 58.5 Å². The minimum atomic E-state index is -1.13. The predicted octanol–water partition coefficient (Wildman–Crippen LogP) is -1.52. The number of carboxylic acid groups (broad SMARTS) is 3. The molecular weight excluding hydrogens is 600 g/mol. The smallest absolute Gasteiger partial charge is 0.326 e. The van der Waals surface area contributed by atoms with Gasteiger partial charge in [0.2, 0.25) is 35.4 Å². The first-order valence-corrected chi connectivity index (χ1v) is 14.2. The lowest BCUT2D eigenvalue weighted by Crippen LogP contribution is -2.40. The molecule has 0 aliphatic carbocycles. The molecule has 0 saturated carbocycles. The Morgan fingerprint density at radius 1 is 0.444 bits per heavy atom. The molecule has 45 heavy (non-hydrogen) atoms. The van der Waals surface area contributed by atoms with Crippen LogP contribution in [0.25, 0.3) is 0 Å². The summed E-state index contributed by atoms with van der Waals surface area (Å²) in [5.41, 5.74) is 0. The molecule has 0 aromatic carbocycles. The molecule has 0 fully saturated rings. The Balaban J connectivity index is -0.000000588. The van der Waals surface area contributed by atoms with E-state index in [2.05, 4.69) is 31.9 Å². The average molecular weight is 649 g/mol. The SMILES string of the molecule is CCNC(=O)CCC(NC(C)=O)C(=O)O.CCNC(=O)CCC(NC(C)=O)C(=O)O.CCNC(=O)CCC(NC(C)=O)C(=O)O. The second-order valence-corrected chi connectivity index (χ2v) is 9.25. The summed E-state index contributed by atoms with van der Waals surface area (Å²) in [6.45, 7) is 10.6. The molecule has 258 valence electrons. The van der Waals surface area contributed by atoms with Gasteiger partial charge in [0.05, 0.1) is 0 Å². The first kappa shape index (κ1) is 44.7. The summed E-state index contributed by atoms with van der Waals surface area (Å²) in [5.74, 6) is -5.29. The Kier molecular flexibility index (Phi) is 26.6. The van der Waals surface area contributed by atoms with Crippen molar-refractivity contribution in [3.63, 3.8) is 0 Å². The second kappa shape index (κ2) is 26.8. The van der Waals surface area contributed by atoms with Gasteiger partial charge >= 0.3 is 17.9 Å². The van der Waals surface area contributed by atoms with Crippen LogP contribution in [0.15, 0.2) is 0 Å². The Morgan fingerprint density at radius 3 is 0.778 bits per heavy atom. The fourth-order valence-electron chi connectivity index (χ4n) is 3.19. The van der Waals surface area contributed by atoms with E-state index in [1.54, 1.807) is 20.8 Å². The maximum atomic E-state index is 11.0. The van der Waals surface area contributed by atoms with E-state index in [9.17, 15) is 43.2 Å². The summed E-state index contributed by atoms with van der Waals surface area (Å²) in [4.78, 5) is 97.1. The minimum absolute atomic E-state index is 0.0884. The molecule has 9 N–H and O–H groups in total. The molecule has 3 atom stereocenters. The van der Waals surface area contributed by atoms with Crippen molar-refractivity contribution in [1.82, 2.24) is 31.9 Å². The third-order valence-electron chi connectivity index (χ3n) is 5.13. The number of nitrogens with one attached hydrogen (secondary N) is 6. The highest BCUT2D eigenvalue weighted by Crippen LogP contribution is 1.99.